The number of amides is 1. The molecule has 0 aliphatic heterocycles. The molecule has 0 radical (unpaired) electrons. The monoisotopic (exact) mass is 440 g/mol. The highest BCUT2D eigenvalue weighted by Gasteiger charge is 2.13. The van der Waals surface area contributed by atoms with Gasteiger partial charge < -0.3 is 14.2 Å². The summed E-state index contributed by atoms with van der Waals surface area (Å²) in [6, 6.07) is 8.52. The molecule has 0 aromatic heterocycles. The third-order valence-electron chi connectivity index (χ3n) is 3.33. The average Bonchev–Trinajstić information content (AvgIpc) is 2.63. The Bertz CT molecular complexity index is 827. The summed E-state index contributed by atoms with van der Waals surface area (Å²) in [7, 11) is 3.02. The van der Waals surface area contributed by atoms with Gasteiger partial charge in [0.2, 0.25) is 0 Å². The highest BCUT2D eigenvalue weighted by atomic mass is 79.9. The smallest absolute Gasteiger partial charge is 0.275 e. The number of rotatable bonds is 7. The number of benzene rings is 2. The zero-order valence-corrected chi connectivity index (χ0v) is 16.8. The van der Waals surface area contributed by atoms with Crippen LogP contribution in [0.4, 0.5) is 0 Å². The Morgan fingerprint density at radius 1 is 1.23 bits per heavy atom. The molecular formula is C18H18BrClN2O4. The summed E-state index contributed by atoms with van der Waals surface area (Å²) in [4.78, 5) is 12.3. The van der Waals surface area contributed by atoms with Crippen molar-refractivity contribution in [3.05, 3.63) is 51.0 Å². The number of hydrogen-bond acceptors (Lipinski definition) is 5. The first-order valence-corrected chi connectivity index (χ1v) is 8.84. The van der Waals surface area contributed by atoms with Crippen LogP contribution in [0.1, 0.15) is 22.8 Å². The molecule has 0 spiro atoms. The van der Waals surface area contributed by atoms with Crippen LogP contribution in [0.25, 0.3) is 0 Å². The number of halogens is 2. The number of nitrogens with one attached hydrogen (secondary N) is 1. The quantitative estimate of drug-likeness (QED) is 0.514. The Balaban J connectivity index is 2.17. The van der Waals surface area contributed by atoms with Gasteiger partial charge in [0.05, 0.1) is 37.6 Å². The molecule has 26 heavy (non-hydrogen) atoms. The van der Waals surface area contributed by atoms with Gasteiger partial charge in [-0.25, -0.2) is 5.43 Å². The molecule has 0 aliphatic rings. The van der Waals surface area contributed by atoms with E-state index in [2.05, 4.69) is 26.5 Å². The summed E-state index contributed by atoms with van der Waals surface area (Å²) < 4.78 is 16.7. The van der Waals surface area contributed by atoms with E-state index in [1.807, 2.05) is 6.92 Å². The van der Waals surface area contributed by atoms with Crippen molar-refractivity contribution in [2.75, 3.05) is 20.8 Å². The second-order valence-corrected chi connectivity index (χ2v) is 6.33. The lowest BCUT2D eigenvalue weighted by molar-refractivity contribution is 0.0952. The van der Waals surface area contributed by atoms with Crippen LogP contribution in [0.3, 0.4) is 0 Å². The molecule has 0 aliphatic carbocycles. The second-order valence-electron chi connectivity index (χ2n) is 5.01. The largest absolute Gasteiger partial charge is 0.496 e. The first kappa shape index (κ1) is 20.1. The lowest BCUT2D eigenvalue weighted by Gasteiger charge is -2.11. The van der Waals surface area contributed by atoms with Crippen molar-refractivity contribution in [3.8, 4) is 17.2 Å². The Morgan fingerprint density at radius 2 is 1.96 bits per heavy atom. The van der Waals surface area contributed by atoms with Crippen molar-refractivity contribution in [2.24, 2.45) is 5.10 Å². The van der Waals surface area contributed by atoms with E-state index in [1.165, 1.54) is 20.4 Å². The van der Waals surface area contributed by atoms with Crippen molar-refractivity contribution < 1.29 is 19.0 Å². The minimum Gasteiger partial charge on any atom is -0.496 e. The van der Waals surface area contributed by atoms with Crippen LogP contribution >= 0.6 is 27.5 Å². The molecule has 8 heteroatoms. The fourth-order valence-electron chi connectivity index (χ4n) is 2.18. The Kier molecular flexibility index (Phi) is 7.29. The number of hydrogen-bond donors (Lipinski definition) is 1. The van der Waals surface area contributed by atoms with E-state index in [0.717, 1.165) is 4.47 Å². The molecule has 2 aromatic carbocycles. The molecule has 2 rings (SSSR count). The molecule has 0 unspecified atom stereocenters. The van der Waals surface area contributed by atoms with Gasteiger partial charge in [0.1, 0.15) is 5.75 Å². The van der Waals surface area contributed by atoms with E-state index in [9.17, 15) is 4.79 Å². The summed E-state index contributed by atoms with van der Waals surface area (Å²) in [5, 5.41) is 4.36. The van der Waals surface area contributed by atoms with Gasteiger partial charge in [-0.05, 0) is 42.8 Å². The van der Waals surface area contributed by atoms with Gasteiger partial charge in [0.15, 0.2) is 11.5 Å². The molecule has 0 bridgehead atoms. The minimum absolute atomic E-state index is 0.362. The fourth-order valence-corrected chi connectivity index (χ4v) is 2.82. The molecule has 1 amide bonds. The summed E-state index contributed by atoms with van der Waals surface area (Å²) in [6.45, 7) is 2.32. The normalized spacial score (nSPS) is 10.7. The van der Waals surface area contributed by atoms with Crippen LogP contribution in [-0.4, -0.2) is 32.9 Å². The number of carbonyl (C=O) groups excluding carboxylic acids is 1. The molecule has 2 aromatic rings. The predicted octanol–water partition coefficient (Wildman–Crippen LogP) is 4.28. The van der Waals surface area contributed by atoms with Gasteiger partial charge in [-0.15, -0.1) is 0 Å². The summed E-state index contributed by atoms with van der Waals surface area (Å²) in [5.41, 5.74) is 3.47. The van der Waals surface area contributed by atoms with Crippen molar-refractivity contribution >= 4 is 39.7 Å². The number of nitrogens with zero attached hydrogens (tertiary/aromatic N) is 1. The number of carbonyl (C=O) groups is 1. The zero-order valence-electron chi connectivity index (χ0n) is 14.5. The first-order valence-electron chi connectivity index (χ1n) is 7.67. The summed E-state index contributed by atoms with van der Waals surface area (Å²) in [5.74, 6) is 1.01. The van der Waals surface area contributed by atoms with E-state index < -0.39 is 5.91 Å². The highest BCUT2D eigenvalue weighted by Crippen LogP contribution is 2.36. The van der Waals surface area contributed by atoms with Crippen LogP contribution in [-0.2, 0) is 0 Å². The molecule has 138 valence electrons. The molecule has 0 atom stereocenters. The topological polar surface area (TPSA) is 69.2 Å². The maximum absolute atomic E-state index is 12.3. The lowest BCUT2D eigenvalue weighted by Crippen LogP contribution is -2.18. The molecule has 0 saturated carbocycles. The van der Waals surface area contributed by atoms with Crippen LogP contribution < -0.4 is 19.6 Å². The molecule has 1 N–H and O–H groups in total. The number of methoxy groups -OCH3 is 2. The van der Waals surface area contributed by atoms with Crippen LogP contribution in [0.2, 0.25) is 5.02 Å². The van der Waals surface area contributed by atoms with E-state index in [0.29, 0.717) is 40.0 Å². The Morgan fingerprint density at radius 3 is 2.62 bits per heavy atom. The lowest BCUT2D eigenvalue weighted by atomic mass is 10.2. The number of ether oxygens (including phenoxy) is 3. The van der Waals surface area contributed by atoms with Gasteiger partial charge in [-0.1, -0.05) is 27.5 Å². The zero-order chi connectivity index (χ0) is 19.1. The van der Waals surface area contributed by atoms with E-state index in [4.69, 9.17) is 25.8 Å². The van der Waals surface area contributed by atoms with Crippen LogP contribution in [0.15, 0.2) is 39.9 Å². The molecule has 0 fully saturated rings. The first-order chi connectivity index (χ1) is 12.5. The average molecular weight is 442 g/mol. The maximum Gasteiger partial charge on any atom is 0.275 e. The van der Waals surface area contributed by atoms with Crippen molar-refractivity contribution in [1.82, 2.24) is 5.43 Å². The second kappa shape index (κ2) is 9.45. The molecule has 0 heterocycles. The van der Waals surface area contributed by atoms with Crippen molar-refractivity contribution in [3.63, 3.8) is 0 Å². The van der Waals surface area contributed by atoms with Gasteiger partial charge in [-0.3, -0.25) is 4.79 Å². The molecular weight excluding hydrogens is 424 g/mol. The fraction of sp³-hybridized carbons (Fsp3) is 0.222. The van der Waals surface area contributed by atoms with Gasteiger partial charge in [0, 0.05) is 4.47 Å². The number of hydrazone groups is 1. The van der Waals surface area contributed by atoms with Gasteiger partial charge in [0.25, 0.3) is 5.91 Å². The van der Waals surface area contributed by atoms with E-state index >= 15 is 0 Å². The SMILES string of the molecule is CCOc1c(Cl)cc(/C=N\NC(=O)c2cc(Br)ccc2OC)cc1OC. The molecule has 6 nitrogen and oxygen atoms in total. The Hall–Kier alpha value is -2.25. The third kappa shape index (κ3) is 4.89. The van der Waals surface area contributed by atoms with Gasteiger partial charge >= 0.3 is 0 Å². The maximum atomic E-state index is 12.3. The van der Waals surface area contributed by atoms with E-state index in [-0.39, 0.29) is 0 Å². The van der Waals surface area contributed by atoms with Crippen molar-refractivity contribution in [2.45, 2.75) is 6.92 Å². The highest BCUT2D eigenvalue weighted by molar-refractivity contribution is 9.10. The summed E-state index contributed by atoms with van der Waals surface area (Å²) in [6.07, 6.45) is 1.46. The molecule has 0 saturated heterocycles. The van der Waals surface area contributed by atoms with Gasteiger partial charge in [-0.2, -0.15) is 5.10 Å². The summed E-state index contributed by atoms with van der Waals surface area (Å²) >= 11 is 9.54. The van der Waals surface area contributed by atoms with Crippen LogP contribution in [0, 0.1) is 0 Å². The van der Waals surface area contributed by atoms with Crippen molar-refractivity contribution in [1.29, 1.82) is 0 Å². The standard InChI is InChI=1S/C18H18BrClN2O4/c1-4-26-17-14(20)7-11(8-16(17)25-3)10-21-22-18(23)13-9-12(19)5-6-15(13)24-2/h5-10H,4H2,1-3H3,(H,22,23)/b21-10-. The van der Waals surface area contributed by atoms with E-state index in [1.54, 1.807) is 30.3 Å². The predicted molar refractivity (Wildman–Crippen MR) is 105 cm³/mol. The Labute approximate surface area is 165 Å². The third-order valence-corrected chi connectivity index (χ3v) is 4.10. The van der Waals surface area contributed by atoms with Crippen LogP contribution in [0.5, 0.6) is 17.2 Å². The minimum atomic E-state index is -0.400.